The minimum atomic E-state index is -0.663. The van der Waals surface area contributed by atoms with Gasteiger partial charge < -0.3 is 4.74 Å². The van der Waals surface area contributed by atoms with Gasteiger partial charge in [-0.3, -0.25) is 24.3 Å². The number of carbonyl (C=O) groups is 1. The maximum Gasteiger partial charge on any atom is 0.326 e. The number of benzene rings is 1. The molecule has 0 N–H and O–H groups in total. The van der Waals surface area contributed by atoms with Crippen molar-refractivity contribution in [2.45, 2.75) is 32.9 Å². The molecule has 0 spiro atoms. The van der Waals surface area contributed by atoms with Crippen LogP contribution < -0.4 is 5.56 Å². The zero-order chi connectivity index (χ0) is 16.5. The highest BCUT2D eigenvalue weighted by Crippen LogP contribution is 2.16. The smallest absolute Gasteiger partial charge is 0.326 e. The van der Waals surface area contributed by atoms with Crippen molar-refractivity contribution in [3.63, 3.8) is 0 Å². The summed E-state index contributed by atoms with van der Waals surface area (Å²) in [6, 6.07) is 3.82. The Kier molecular flexibility index (Phi) is 3.94. The summed E-state index contributed by atoms with van der Waals surface area (Å²) in [4.78, 5) is 38.3. The summed E-state index contributed by atoms with van der Waals surface area (Å²) < 4.78 is 6.21. The van der Waals surface area contributed by atoms with E-state index >= 15 is 0 Å². The molecule has 0 atom stereocenters. The molecule has 1 heterocycles. The van der Waals surface area contributed by atoms with Gasteiger partial charge in [-0.1, -0.05) is 0 Å². The average Bonchev–Trinajstić information content (AvgIpc) is 2.39. The first-order valence-electron chi connectivity index (χ1n) is 6.53. The third-order valence-corrected chi connectivity index (χ3v) is 2.74. The number of ether oxygens (including phenoxy) is 1. The first kappa shape index (κ1) is 15.6. The lowest BCUT2D eigenvalue weighted by Gasteiger charge is -2.19. The number of carbonyl (C=O) groups excluding carboxylic acids is 1. The van der Waals surface area contributed by atoms with Gasteiger partial charge in [0.2, 0.25) is 0 Å². The van der Waals surface area contributed by atoms with E-state index in [9.17, 15) is 19.7 Å². The number of nitro benzene ring substituents is 1. The molecule has 2 rings (SSSR count). The summed E-state index contributed by atoms with van der Waals surface area (Å²) >= 11 is 0. The van der Waals surface area contributed by atoms with Crippen LogP contribution in [0.5, 0.6) is 0 Å². The van der Waals surface area contributed by atoms with E-state index in [1.807, 2.05) is 0 Å². The monoisotopic (exact) mass is 305 g/mol. The molecule has 1 aromatic carbocycles. The van der Waals surface area contributed by atoms with E-state index in [0.29, 0.717) is 5.52 Å². The Bertz CT molecular complexity index is 804. The molecule has 0 amide bonds. The highest BCUT2D eigenvalue weighted by Gasteiger charge is 2.18. The molecule has 0 fully saturated rings. The minimum absolute atomic E-state index is 0.0836. The Labute approximate surface area is 125 Å². The number of nitro groups is 1. The number of hydrogen-bond donors (Lipinski definition) is 0. The van der Waals surface area contributed by atoms with Crippen LogP contribution in [0.2, 0.25) is 0 Å². The number of aromatic nitrogens is 2. The van der Waals surface area contributed by atoms with E-state index in [-0.39, 0.29) is 17.6 Å². The molecule has 8 nitrogen and oxygen atoms in total. The van der Waals surface area contributed by atoms with Crippen molar-refractivity contribution in [2.75, 3.05) is 0 Å². The Morgan fingerprint density at radius 2 is 2.09 bits per heavy atom. The minimum Gasteiger partial charge on any atom is -0.459 e. The molecule has 0 saturated heterocycles. The SMILES string of the molecule is CC(C)(C)OC(=O)Cn1cnc2ccc([N+](=O)[O-])cc2c1=O. The molecule has 8 heteroatoms. The summed E-state index contributed by atoms with van der Waals surface area (Å²) in [7, 11) is 0. The predicted molar refractivity (Wildman–Crippen MR) is 78.5 cm³/mol. The molecule has 116 valence electrons. The summed E-state index contributed by atoms with van der Waals surface area (Å²) in [5.74, 6) is -0.582. The highest BCUT2D eigenvalue weighted by molar-refractivity contribution is 5.80. The van der Waals surface area contributed by atoms with E-state index in [1.165, 1.54) is 18.5 Å². The summed E-state index contributed by atoms with van der Waals surface area (Å²) in [6.07, 6.45) is 1.22. The van der Waals surface area contributed by atoms with Crippen molar-refractivity contribution in [1.29, 1.82) is 0 Å². The maximum atomic E-state index is 12.3. The number of rotatable bonds is 3. The number of nitrogens with zero attached hydrogens (tertiary/aromatic N) is 3. The highest BCUT2D eigenvalue weighted by atomic mass is 16.6. The standard InChI is InChI=1S/C14H15N3O5/c1-14(2,3)22-12(18)7-16-8-15-11-5-4-9(17(20)21)6-10(11)13(16)19/h4-6,8H,7H2,1-3H3. The molecule has 22 heavy (non-hydrogen) atoms. The largest absolute Gasteiger partial charge is 0.459 e. The van der Waals surface area contributed by atoms with Crippen LogP contribution in [0, 0.1) is 10.1 Å². The summed E-state index contributed by atoms with van der Waals surface area (Å²) in [5.41, 5.74) is -1.07. The molecule has 1 aromatic heterocycles. The van der Waals surface area contributed by atoms with E-state index in [1.54, 1.807) is 20.8 Å². The fourth-order valence-electron chi connectivity index (χ4n) is 1.89. The van der Waals surface area contributed by atoms with Gasteiger partial charge in [0.15, 0.2) is 0 Å². The molecular formula is C14H15N3O5. The lowest BCUT2D eigenvalue weighted by molar-refractivity contribution is -0.384. The number of esters is 1. The van der Waals surface area contributed by atoms with Gasteiger partial charge in [-0.05, 0) is 26.8 Å². The molecule has 0 bridgehead atoms. The number of hydrogen-bond acceptors (Lipinski definition) is 6. The first-order chi connectivity index (χ1) is 10.2. The van der Waals surface area contributed by atoms with Crippen molar-refractivity contribution in [3.8, 4) is 0 Å². The maximum absolute atomic E-state index is 12.3. The van der Waals surface area contributed by atoms with E-state index in [2.05, 4.69) is 4.98 Å². The fourth-order valence-corrected chi connectivity index (χ4v) is 1.89. The third-order valence-electron chi connectivity index (χ3n) is 2.74. The molecule has 0 unspecified atom stereocenters. The lowest BCUT2D eigenvalue weighted by atomic mass is 10.2. The van der Waals surface area contributed by atoms with Crippen LogP contribution >= 0.6 is 0 Å². The van der Waals surface area contributed by atoms with Crippen LogP contribution in [0.1, 0.15) is 20.8 Å². The van der Waals surface area contributed by atoms with Gasteiger partial charge in [0.1, 0.15) is 12.1 Å². The van der Waals surface area contributed by atoms with Crippen LogP contribution in [-0.4, -0.2) is 26.0 Å². The molecule has 2 aromatic rings. The predicted octanol–water partition coefficient (Wildman–Crippen LogP) is 1.65. The number of non-ortho nitro benzene ring substituents is 1. The van der Waals surface area contributed by atoms with E-state index in [0.717, 1.165) is 10.6 Å². The molecule has 0 aliphatic heterocycles. The zero-order valence-electron chi connectivity index (χ0n) is 12.4. The van der Waals surface area contributed by atoms with Crippen LogP contribution in [0.4, 0.5) is 5.69 Å². The van der Waals surface area contributed by atoms with E-state index in [4.69, 9.17) is 4.74 Å². The van der Waals surface area contributed by atoms with Gasteiger partial charge in [-0.2, -0.15) is 0 Å². The molecule has 0 aliphatic carbocycles. The summed E-state index contributed by atoms with van der Waals surface area (Å²) in [6.45, 7) is 4.85. The van der Waals surface area contributed by atoms with E-state index < -0.39 is 22.1 Å². The normalized spacial score (nSPS) is 11.4. The van der Waals surface area contributed by atoms with Crippen LogP contribution in [-0.2, 0) is 16.1 Å². The number of fused-ring (bicyclic) bond motifs is 1. The average molecular weight is 305 g/mol. The molecule has 0 radical (unpaired) electrons. The Hall–Kier alpha value is -2.77. The van der Waals surface area contributed by atoms with Gasteiger partial charge in [0.05, 0.1) is 22.2 Å². The van der Waals surface area contributed by atoms with Crippen molar-refractivity contribution < 1.29 is 14.5 Å². The second-order valence-corrected chi connectivity index (χ2v) is 5.72. The van der Waals surface area contributed by atoms with Crippen molar-refractivity contribution in [3.05, 3.63) is 45.0 Å². The second-order valence-electron chi connectivity index (χ2n) is 5.72. The summed E-state index contributed by atoms with van der Waals surface area (Å²) in [5, 5.41) is 10.9. The van der Waals surface area contributed by atoms with Crippen LogP contribution in [0.15, 0.2) is 29.3 Å². The van der Waals surface area contributed by atoms with Gasteiger partial charge >= 0.3 is 5.97 Å². The van der Waals surface area contributed by atoms with Crippen molar-refractivity contribution >= 4 is 22.6 Å². The van der Waals surface area contributed by atoms with Crippen LogP contribution in [0.3, 0.4) is 0 Å². The first-order valence-corrected chi connectivity index (χ1v) is 6.53. The quantitative estimate of drug-likeness (QED) is 0.485. The van der Waals surface area contributed by atoms with Crippen molar-refractivity contribution in [1.82, 2.24) is 9.55 Å². The Morgan fingerprint density at radius 1 is 1.41 bits per heavy atom. The molecular weight excluding hydrogens is 290 g/mol. The van der Waals surface area contributed by atoms with Gasteiger partial charge in [0.25, 0.3) is 11.2 Å². The second kappa shape index (κ2) is 5.55. The van der Waals surface area contributed by atoms with Gasteiger partial charge in [0, 0.05) is 12.1 Å². The lowest BCUT2D eigenvalue weighted by Crippen LogP contribution is -2.30. The molecule has 0 saturated carbocycles. The van der Waals surface area contributed by atoms with Crippen LogP contribution in [0.25, 0.3) is 10.9 Å². The zero-order valence-corrected chi connectivity index (χ0v) is 12.4. The Balaban J connectivity index is 2.40. The Morgan fingerprint density at radius 3 is 2.68 bits per heavy atom. The molecule has 0 aliphatic rings. The van der Waals surface area contributed by atoms with Gasteiger partial charge in [-0.25, -0.2) is 4.98 Å². The third kappa shape index (κ3) is 3.46. The fraction of sp³-hybridized carbons (Fsp3) is 0.357. The van der Waals surface area contributed by atoms with Crippen molar-refractivity contribution in [2.24, 2.45) is 0 Å². The topological polar surface area (TPSA) is 104 Å². The van der Waals surface area contributed by atoms with Gasteiger partial charge in [-0.15, -0.1) is 0 Å².